The zero-order chi connectivity index (χ0) is 24.6. The van der Waals surface area contributed by atoms with Crippen molar-refractivity contribution in [2.75, 3.05) is 31.6 Å². The predicted molar refractivity (Wildman–Crippen MR) is 128 cm³/mol. The van der Waals surface area contributed by atoms with Crippen molar-refractivity contribution >= 4 is 21.6 Å². The molecule has 3 aromatic rings. The molecule has 1 N–H and O–H groups in total. The number of hydrogen-bond donors (Lipinski definition) is 1. The van der Waals surface area contributed by atoms with Crippen molar-refractivity contribution in [3.05, 3.63) is 84.2 Å². The maximum Gasteiger partial charge on any atom is 0.264 e. The minimum Gasteiger partial charge on any atom is -0.493 e. The number of sulfonamides is 1. The predicted octanol–water partition coefficient (Wildman–Crippen LogP) is 3.79. The molecule has 3 aromatic carbocycles. The molecule has 1 amide bonds. The van der Waals surface area contributed by atoms with Crippen LogP contribution < -0.4 is 19.1 Å². The number of amides is 1. The van der Waals surface area contributed by atoms with Gasteiger partial charge in [0.1, 0.15) is 12.4 Å². The zero-order valence-corrected chi connectivity index (χ0v) is 19.8. The second kappa shape index (κ2) is 11.5. The van der Waals surface area contributed by atoms with Crippen molar-refractivity contribution in [3.63, 3.8) is 0 Å². The molecule has 0 unspecified atom stereocenters. The van der Waals surface area contributed by atoms with E-state index >= 15 is 0 Å². The molecule has 0 aromatic heterocycles. The average molecular weight is 487 g/mol. The van der Waals surface area contributed by atoms with Crippen molar-refractivity contribution in [2.24, 2.45) is 0 Å². The number of benzene rings is 3. The number of halogens is 1. The first kappa shape index (κ1) is 25.0. The molecular formula is C25H27FN2O5S. The Bertz CT molecular complexity index is 1200. The number of aryl methyl sites for hydroxylation is 1. The molecule has 0 radical (unpaired) electrons. The highest BCUT2D eigenvalue weighted by Crippen LogP contribution is 2.28. The standard InChI is InChI=1S/C25H27FN2O5S/c1-32-23-15-10-19(17-24(23)33-2)7-6-16-27-25(29)18-28(21-13-11-20(26)12-14-21)34(30,31)22-8-4-3-5-9-22/h3-5,8-15,17H,6-7,16,18H2,1-2H3,(H,27,29). The SMILES string of the molecule is COc1ccc(CCCNC(=O)CN(c2ccc(F)cc2)S(=O)(=O)c2ccccc2)cc1OC. The number of anilines is 1. The van der Waals surface area contributed by atoms with Gasteiger partial charge in [0.05, 0.1) is 24.8 Å². The molecule has 0 heterocycles. The van der Waals surface area contributed by atoms with Gasteiger partial charge in [0, 0.05) is 6.54 Å². The maximum atomic E-state index is 13.4. The Balaban J connectivity index is 1.65. The fourth-order valence-electron chi connectivity index (χ4n) is 3.38. The molecule has 0 aliphatic heterocycles. The third kappa shape index (κ3) is 6.26. The average Bonchev–Trinajstić information content (AvgIpc) is 2.86. The molecule has 0 atom stereocenters. The molecule has 7 nitrogen and oxygen atoms in total. The number of hydrogen-bond acceptors (Lipinski definition) is 5. The minimum atomic E-state index is -4.03. The van der Waals surface area contributed by atoms with E-state index in [0.29, 0.717) is 30.9 Å². The quantitative estimate of drug-likeness (QED) is 0.417. The summed E-state index contributed by atoms with van der Waals surface area (Å²) in [5, 5.41) is 2.76. The molecule has 0 saturated heterocycles. The van der Waals surface area contributed by atoms with Crippen LogP contribution in [-0.2, 0) is 21.2 Å². The van der Waals surface area contributed by atoms with Gasteiger partial charge in [-0.05, 0) is 66.9 Å². The van der Waals surface area contributed by atoms with Gasteiger partial charge in [0.15, 0.2) is 11.5 Å². The van der Waals surface area contributed by atoms with Crippen molar-refractivity contribution in [3.8, 4) is 11.5 Å². The van der Waals surface area contributed by atoms with Crippen molar-refractivity contribution in [1.82, 2.24) is 5.32 Å². The van der Waals surface area contributed by atoms with Gasteiger partial charge < -0.3 is 14.8 Å². The summed E-state index contributed by atoms with van der Waals surface area (Å²) < 4.78 is 51.3. The van der Waals surface area contributed by atoms with Crippen LogP contribution in [0.25, 0.3) is 0 Å². The molecule has 0 spiro atoms. The van der Waals surface area contributed by atoms with E-state index in [9.17, 15) is 17.6 Å². The van der Waals surface area contributed by atoms with Gasteiger partial charge in [-0.15, -0.1) is 0 Å². The van der Waals surface area contributed by atoms with Crippen LogP contribution in [0, 0.1) is 5.82 Å². The summed E-state index contributed by atoms with van der Waals surface area (Å²) in [5.41, 5.74) is 1.22. The van der Waals surface area contributed by atoms with E-state index in [0.717, 1.165) is 22.0 Å². The van der Waals surface area contributed by atoms with E-state index in [1.807, 2.05) is 18.2 Å². The van der Waals surface area contributed by atoms with Crippen LogP contribution in [0.5, 0.6) is 11.5 Å². The van der Waals surface area contributed by atoms with Crippen LogP contribution in [0.15, 0.2) is 77.7 Å². The number of nitrogens with zero attached hydrogens (tertiary/aromatic N) is 1. The van der Waals surface area contributed by atoms with Gasteiger partial charge in [-0.3, -0.25) is 9.10 Å². The Morgan fingerprint density at radius 3 is 2.26 bits per heavy atom. The lowest BCUT2D eigenvalue weighted by molar-refractivity contribution is -0.119. The first-order valence-electron chi connectivity index (χ1n) is 10.7. The summed E-state index contributed by atoms with van der Waals surface area (Å²) in [7, 11) is -0.888. The van der Waals surface area contributed by atoms with Crippen LogP contribution in [0.1, 0.15) is 12.0 Å². The second-order valence-electron chi connectivity index (χ2n) is 7.44. The van der Waals surface area contributed by atoms with E-state index in [1.54, 1.807) is 32.4 Å². The number of rotatable bonds is 11. The van der Waals surface area contributed by atoms with E-state index in [1.165, 1.54) is 24.3 Å². The van der Waals surface area contributed by atoms with Gasteiger partial charge in [-0.25, -0.2) is 12.8 Å². The molecule has 9 heteroatoms. The fourth-order valence-corrected chi connectivity index (χ4v) is 4.83. The Hall–Kier alpha value is -3.59. The molecule has 0 aliphatic rings. The summed E-state index contributed by atoms with van der Waals surface area (Å²) >= 11 is 0. The van der Waals surface area contributed by atoms with Crippen LogP contribution in [-0.4, -0.2) is 41.6 Å². The van der Waals surface area contributed by atoms with E-state index < -0.39 is 28.3 Å². The highest BCUT2D eigenvalue weighted by molar-refractivity contribution is 7.92. The molecule has 0 aliphatic carbocycles. The largest absolute Gasteiger partial charge is 0.493 e. The van der Waals surface area contributed by atoms with E-state index in [2.05, 4.69) is 5.32 Å². The van der Waals surface area contributed by atoms with Gasteiger partial charge in [0.25, 0.3) is 10.0 Å². The van der Waals surface area contributed by atoms with Crippen LogP contribution in [0.3, 0.4) is 0 Å². The van der Waals surface area contributed by atoms with Crippen LogP contribution in [0.2, 0.25) is 0 Å². The lowest BCUT2D eigenvalue weighted by Crippen LogP contribution is -2.41. The van der Waals surface area contributed by atoms with Crippen LogP contribution >= 0.6 is 0 Å². The number of carbonyl (C=O) groups excluding carboxylic acids is 1. The summed E-state index contributed by atoms with van der Waals surface area (Å²) in [6.45, 7) is -0.0744. The first-order chi connectivity index (χ1) is 16.3. The Morgan fingerprint density at radius 2 is 1.62 bits per heavy atom. The first-order valence-corrected chi connectivity index (χ1v) is 12.1. The molecular weight excluding hydrogens is 459 g/mol. The summed E-state index contributed by atoms with van der Waals surface area (Å²) in [6, 6.07) is 18.4. The second-order valence-corrected chi connectivity index (χ2v) is 9.31. The zero-order valence-electron chi connectivity index (χ0n) is 19.0. The summed E-state index contributed by atoms with van der Waals surface area (Å²) in [5.74, 6) is 0.307. The van der Waals surface area contributed by atoms with Crippen molar-refractivity contribution in [1.29, 1.82) is 0 Å². The van der Waals surface area contributed by atoms with E-state index in [4.69, 9.17) is 9.47 Å². The highest BCUT2D eigenvalue weighted by atomic mass is 32.2. The lowest BCUT2D eigenvalue weighted by Gasteiger charge is -2.24. The summed E-state index contributed by atoms with van der Waals surface area (Å²) in [6.07, 6.45) is 1.33. The Labute approximate surface area is 199 Å². The minimum absolute atomic E-state index is 0.0422. The topological polar surface area (TPSA) is 84.9 Å². The Kier molecular flexibility index (Phi) is 8.48. The van der Waals surface area contributed by atoms with Crippen molar-refractivity contribution in [2.45, 2.75) is 17.7 Å². The van der Waals surface area contributed by atoms with E-state index in [-0.39, 0.29) is 10.6 Å². The highest BCUT2D eigenvalue weighted by Gasteiger charge is 2.27. The number of carbonyl (C=O) groups is 1. The third-order valence-electron chi connectivity index (χ3n) is 5.15. The van der Waals surface area contributed by atoms with Gasteiger partial charge in [-0.2, -0.15) is 0 Å². The maximum absolute atomic E-state index is 13.4. The normalized spacial score (nSPS) is 11.0. The Morgan fingerprint density at radius 1 is 0.941 bits per heavy atom. The smallest absolute Gasteiger partial charge is 0.264 e. The van der Waals surface area contributed by atoms with Gasteiger partial charge >= 0.3 is 0 Å². The number of ether oxygens (including phenoxy) is 2. The monoisotopic (exact) mass is 486 g/mol. The molecule has 34 heavy (non-hydrogen) atoms. The third-order valence-corrected chi connectivity index (χ3v) is 6.93. The molecule has 180 valence electrons. The molecule has 0 fully saturated rings. The number of nitrogens with one attached hydrogen (secondary N) is 1. The lowest BCUT2D eigenvalue weighted by atomic mass is 10.1. The molecule has 0 bridgehead atoms. The van der Waals surface area contributed by atoms with Gasteiger partial charge in [0.2, 0.25) is 5.91 Å². The van der Waals surface area contributed by atoms with Crippen LogP contribution in [0.4, 0.5) is 10.1 Å². The van der Waals surface area contributed by atoms with Gasteiger partial charge in [-0.1, -0.05) is 24.3 Å². The summed E-state index contributed by atoms with van der Waals surface area (Å²) in [4.78, 5) is 12.7. The fraction of sp³-hybridized carbons (Fsp3) is 0.240. The van der Waals surface area contributed by atoms with Crippen molar-refractivity contribution < 1.29 is 27.1 Å². The molecule has 0 saturated carbocycles. The number of methoxy groups -OCH3 is 2. The molecule has 3 rings (SSSR count).